The highest BCUT2D eigenvalue weighted by atomic mass is 35.5. The molecule has 236 valence electrons. The number of halogens is 3. The standard InChI is InChI=1S/C33H37ClF2N2O6/c1-5-7-20-14-22(34)9-10-26(20)31(37-23-16-24(42-3)18-25(17-23)44-13-6-8-30(39)40)32(41)38-12-11-21-15-29(43-4)27(19-28(21)38)33(2,35)36/h9-10,14-19,31,37H,5-8,11-13H2,1-4H3,(H,39,40). The van der Waals surface area contributed by atoms with Gasteiger partial charge >= 0.3 is 5.97 Å². The first kappa shape index (κ1) is 32.9. The zero-order valence-electron chi connectivity index (χ0n) is 25.2. The first-order valence-electron chi connectivity index (χ1n) is 14.4. The van der Waals surface area contributed by atoms with E-state index in [9.17, 15) is 18.4 Å². The average Bonchev–Trinajstić information content (AvgIpc) is 3.40. The van der Waals surface area contributed by atoms with E-state index in [1.165, 1.54) is 25.2 Å². The Balaban J connectivity index is 1.76. The van der Waals surface area contributed by atoms with Gasteiger partial charge in [-0.25, -0.2) is 8.78 Å². The minimum absolute atomic E-state index is 0.0305. The molecule has 1 atom stereocenters. The number of carboxylic acid groups (broad SMARTS) is 1. The van der Waals surface area contributed by atoms with Crippen molar-refractivity contribution in [2.75, 3.05) is 37.6 Å². The highest BCUT2D eigenvalue weighted by Crippen LogP contribution is 2.42. The fraction of sp³-hybridized carbons (Fsp3) is 0.394. The minimum Gasteiger partial charge on any atom is -0.497 e. The van der Waals surface area contributed by atoms with Crippen LogP contribution in [0.5, 0.6) is 17.2 Å². The molecule has 8 nitrogen and oxygen atoms in total. The third-order valence-corrected chi connectivity index (χ3v) is 7.68. The maximum atomic E-state index is 14.6. The molecule has 0 aromatic heterocycles. The second-order valence-corrected chi connectivity index (χ2v) is 11.2. The summed E-state index contributed by atoms with van der Waals surface area (Å²) in [5.41, 5.74) is 2.97. The molecule has 0 saturated carbocycles. The number of hydrogen-bond donors (Lipinski definition) is 2. The normalized spacial score (nSPS) is 13.3. The summed E-state index contributed by atoms with van der Waals surface area (Å²) in [5, 5.41) is 12.8. The molecule has 0 spiro atoms. The van der Waals surface area contributed by atoms with Crippen molar-refractivity contribution in [3.63, 3.8) is 0 Å². The maximum Gasteiger partial charge on any atom is 0.303 e. The Kier molecular flexibility index (Phi) is 10.6. The van der Waals surface area contributed by atoms with Crippen molar-refractivity contribution in [3.05, 3.63) is 75.8 Å². The van der Waals surface area contributed by atoms with Gasteiger partial charge in [-0.2, -0.15) is 0 Å². The number of nitrogens with one attached hydrogen (secondary N) is 1. The first-order chi connectivity index (χ1) is 20.9. The number of amides is 1. The topological polar surface area (TPSA) is 97.3 Å². The van der Waals surface area contributed by atoms with E-state index >= 15 is 0 Å². The monoisotopic (exact) mass is 630 g/mol. The van der Waals surface area contributed by atoms with Crippen molar-refractivity contribution >= 4 is 34.9 Å². The number of methoxy groups -OCH3 is 2. The van der Waals surface area contributed by atoms with Crippen molar-refractivity contribution in [1.29, 1.82) is 0 Å². The number of hydrogen-bond acceptors (Lipinski definition) is 6. The van der Waals surface area contributed by atoms with E-state index in [1.54, 1.807) is 30.3 Å². The van der Waals surface area contributed by atoms with Gasteiger partial charge in [0.2, 0.25) is 0 Å². The van der Waals surface area contributed by atoms with Gasteiger partial charge in [-0.1, -0.05) is 31.0 Å². The molecule has 3 aromatic rings. The van der Waals surface area contributed by atoms with Gasteiger partial charge in [-0.05, 0) is 60.2 Å². The Hall–Kier alpha value is -4.05. The SMILES string of the molecule is CCCc1cc(Cl)ccc1C(Nc1cc(OC)cc(OCCCC(=O)O)c1)C(=O)N1CCc2cc(OC)c(C(C)(F)F)cc21. The lowest BCUT2D eigenvalue weighted by atomic mass is 9.95. The molecule has 1 heterocycles. The summed E-state index contributed by atoms with van der Waals surface area (Å²) in [6.07, 6.45) is 2.24. The molecule has 1 aliphatic heterocycles. The largest absolute Gasteiger partial charge is 0.497 e. The maximum absolute atomic E-state index is 14.6. The van der Waals surface area contributed by atoms with Crippen LogP contribution in [0.1, 0.15) is 61.4 Å². The van der Waals surface area contributed by atoms with Crippen molar-refractivity contribution in [3.8, 4) is 17.2 Å². The molecule has 0 saturated heterocycles. The highest BCUT2D eigenvalue weighted by Gasteiger charge is 2.36. The lowest BCUT2D eigenvalue weighted by molar-refractivity contribution is -0.137. The van der Waals surface area contributed by atoms with Crippen LogP contribution in [-0.4, -0.2) is 44.4 Å². The van der Waals surface area contributed by atoms with Crippen LogP contribution in [0.25, 0.3) is 0 Å². The van der Waals surface area contributed by atoms with Gasteiger partial charge in [-0.15, -0.1) is 0 Å². The fourth-order valence-corrected chi connectivity index (χ4v) is 5.56. The Bertz CT molecular complexity index is 1510. The minimum atomic E-state index is -3.18. The zero-order valence-corrected chi connectivity index (χ0v) is 26.0. The van der Waals surface area contributed by atoms with E-state index in [2.05, 4.69) is 5.32 Å². The number of carboxylic acids is 1. The molecule has 3 aromatic carbocycles. The highest BCUT2D eigenvalue weighted by molar-refractivity contribution is 6.30. The second-order valence-electron chi connectivity index (χ2n) is 10.7. The van der Waals surface area contributed by atoms with E-state index in [0.29, 0.717) is 59.3 Å². The predicted molar refractivity (Wildman–Crippen MR) is 166 cm³/mol. The van der Waals surface area contributed by atoms with Crippen LogP contribution in [0.3, 0.4) is 0 Å². The lowest BCUT2D eigenvalue weighted by Gasteiger charge is -2.28. The summed E-state index contributed by atoms with van der Waals surface area (Å²) in [6, 6.07) is 12.5. The fourth-order valence-electron chi connectivity index (χ4n) is 5.36. The van der Waals surface area contributed by atoms with Crippen LogP contribution in [0, 0.1) is 0 Å². The number of benzene rings is 3. The summed E-state index contributed by atoms with van der Waals surface area (Å²) in [6.45, 7) is 3.32. The number of nitrogens with zero attached hydrogens (tertiary/aromatic N) is 1. The lowest BCUT2D eigenvalue weighted by Crippen LogP contribution is -2.37. The van der Waals surface area contributed by atoms with Gasteiger partial charge in [0.25, 0.3) is 11.8 Å². The van der Waals surface area contributed by atoms with Gasteiger partial charge in [0.15, 0.2) is 0 Å². The van der Waals surface area contributed by atoms with Gasteiger partial charge in [0, 0.05) is 54.5 Å². The van der Waals surface area contributed by atoms with E-state index in [1.807, 2.05) is 19.1 Å². The van der Waals surface area contributed by atoms with Gasteiger partial charge in [0.1, 0.15) is 23.3 Å². The molecule has 0 fully saturated rings. The Labute approximate surface area is 260 Å². The van der Waals surface area contributed by atoms with Crippen LogP contribution in [-0.2, 0) is 28.4 Å². The number of anilines is 2. The molecule has 2 N–H and O–H groups in total. The predicted octanol–water partition coefficient (Wildman–Crippen LogP) is 7.41. The summed E-state index contributed by atoms with van der Waals surface area (Å²) in [4.78, 5) is 26.9. The van der Waals surface area contributed by atoms with E-state index in [4.69, 9.17) is 30.9 Å². The Morgan fingerprint density at radius 3 is 2.50 bits per heavy atom. The Morgan fingerprint density at radius 2 is 1.84 bits per heavy atom. The number of rotatable bonds is 14. The summed E-state index contributed by atoms with van der Waals surface area (Å²) < 4.78 is 45.7. The molecule has 1 amide bonds. The third-order valence-electron chi connectivity index (χ3n) is 7.45. The van der Waals surface area contributed by atoms with Crippen molar-refractivity contribution in [2.24, 2.45) is 0 Å². The van der Waals surface area contributed by atoms with E-state index in [0.717, 1.165) is 24.5 Å². The van der Waals surface area contributed by atoms with E-state index in [-0.39, 0.29) is 30.2 Å². The number of carbonyl (C=O) groups is 2. The van der Waals surface area contributed by atoms with Gasteiger partial charge in [-0.3, -0.25) is 9.59 Å². The number of aliphatic carboxylic acids is 1. The summed E-state index contributed by atoms with van der Waals surface area (Å²) in [5.74, 6) is -3.44. The number of fused-ring (bicyclic) bond motifs is 1. The molecular formula is C33H37ClF2N2O6. The zero-order chi connectivity index (χ0) is 32.0. The molecule has 4 rings (SSSR count). The van der Waals surface area contributed by atoms with Crippen LogP contribution in [0.4, 0.5) is 20.2 Å². The molecule has 0 bridgehead atoms. The van der Waals surface area contributed by atoms with Gasteiger partial charge in [0.05, 0.1) is 26.4 Å². The molecule has 1 unspecified atom stereocenters. The Morgan fingerprint density at radius 1 is 1.09 bits per heavy atom. The number of aryl methyl sites for hydroxylation is 1. The third kappa shape index (κ3) is 7.72. The molecular weight excluding hydrogens is 594 g/mol. The number of alkyl halides is 2. The van der Waals surface area contributed by atoms with Crippen LogP contribution < -0.4 is 24.4 Å². The smallest absolute Gasteiger partial charge is 0.303 e. The molecule has 0 aliphatic carbocycles. The first-order valence-corrected chi connectivity index (χ1v) is 14.8. The number of carbonyl (C=O) groups excluding carboxylic acids is 1. The molecule has 11 heteroatoms. The molecule has 0 radical (unpaired) electrons. The molecule has 44 heavy (non-hydrogen) atoms. The van der Waals surface area contributed by atoms with Crippen LogP contribution in [0.2, 0.25) is 5.02 Å². The quantitative estimate of drug-likeness (QED) is 0.179. The molecule has 1 aliphatic rings. The van der Waals surface area contributed by atoms with Crippen LogP contribution in [0.15, 0.2) is 48.5 Å². The summed E-state index contributed by atoms with van der Waals surface area (Å²) >= 11 is 6.35. The van der Waals surface area contributed by atoms with Gasteiger partial charge < -0.3 is 29.5 Å². The van der Waals surface area contributed by atoms with Crippen molar-refractivity contribution < 1.29 is 37.7 Å². The average molecular weight is 631 g/mol. The van der Waals surface area contributed by atoms with E-state index < -0.39 is 17.9 Å². The summed E-state index contributed by atoms with van der Waals surface area (Å²) in [7, 11) is 2.86. The van der Waals surface area contributed by atoms with Crippen LogP contribution >= 0.6 is 11.6 Å². The second kappa shape index (κ2) is 14.2. The van der Waals surface area contributed by atoms with Crippen molar-refractivity contribution in [2.45, 2.75) is 57.9 Å². The van der Waals surface area contributed by atoms with Crippen molar-refractivity contribution in [1.82, 2.24) is 0 Å². The number of ether oxygens (including phenoxy) is 3.